The van der Waals surface area contributed by atoms with Crippen LogP contribution in [0.5, 0.6) is 0 Å². The quantitative estimate of drug-likeness (QED) is 0.566. The number of hydrogen-bond donors (Lipinski definition) is 2. The zero-order valence-corrected chi connectivity index (χ0v) is 17.7. The van der Waals surface area contributed by atoms with E-state index < -0.39 is 5.91 Å². The maximum atomic E-state index is 12.8. The average molecular weight is 431 g/mol. The normalized spacial score (nSPS) is 10.7. The molecule has 0 fully saturated rings. The van der Waals surface area contributed by atoms with Gasteiger partial charge in [0.05, 0.1) is 32.5 Å². The second-order valence-corrected chi connectivity index (χ2v) is 7.33. The fourth-order valence-corrected chi connectivity index (χ4v) is 3.40. The molecule has 0 spiro atoms. The van der Waals surface area contributed by atoms with Crippen molar-refractivity contribution in [3.63, 3.8) is 0 Å². The molecular weight excluding hydrogens is 411 g/mol. The van der Waals surface area contributed by atoms with Gasteiger partial charge in [0.1, 0.15) is 0 Å². The summed E-state index contributed by atoms with van der Waals surface area (Å²) in [5.41, 5.74) is 2.69. The minimum absolute atomic E-state index is 0.193. The van der Waals surface area contributed by atoms with Gasteiger partial charge in [0.2, 0.25) is 0 Å². The maximum Gasteiger partial charge on any atom is 0.321 e. The lowest BCUT2D eigenvalue weighted by molar-refractivity contribution is 0.102. The minimum Gasteiger partial charge on any atom is -0.328 e. The van der Waals surface area contributed by atoms with Crippen molar-refractivity contribution in [3.8, 4) is 0 Å². The topological polar surface area (TPSA) is 74.3 Å². The number of rotatable bonds is 4. The lowest BCUT2D eigenvalue weighted by atomic mass is 10.1. The van der Waals surface area contributed by atoms with E-state index in [1.54, 1.807) is 48.5 Å². The van der Waals surface area contributed by atoms with Gasteiger partial charge in [-0.25, -0.2) is 4.79 Å². The Kier molecular flexibility index (Phi) is 6.25. The summed E-state index contributed by atoms with van der Waals surface area (Å²) in [4.78, 5) is 31.2. The van der Waals surface area contributed by atoms with Crippen molar-refractivity contribution in [2.75, 3.05) is 24.2 Å². The fourth-order valence-electron chi connectivity index (χ4n) is 2.83. The van der Waals surface area contributed by atoms with E-state index in [-0.39, 0.29) is 21.6 Å². The van der Waals surface area contributed by atoms with E-state index in [0.717, 1.165) is 5.56 Å². The summed E-state index contributed by atoms with van der Waals surface area (Å²) in [6.45, 7) is 4.33. The van der Waals surface area contributed by atoms with Crippen LogP contribution < -0.4 is 10.6 Å². The highest BCUT2D eigenvalue weighted by molar-refractivity contribution is 6.40. The summed E-state index contributed by atoms with van der Waals surface area (Å²) in [6.07, 6.45) is 1.65. The lowest BCUT2D eigenvalue weighted by Crippen LogP contribution is -2.31. The number of nitrogens with one attached hydrogen (secondary N) is 2. The summed E-state index contributed by atoms with van der Waals surface area (Å²) in [6, 6.07) is 10.0. The molecule has 0 aliphatic carbocycles. The molecule has 0 saturated heterocycles. The molecule has 6 nitrogen and oxygen atoms in total. The number of aryl methyl sites for hydroxylation is 1. The van der Waals surface area contributed by atoms with E-state index in [4.69, 9.17) is 23.2 Å². The van der Waals surface area contributed by atoms with Gasteiger partial charge in [-0.05, 0) is 37.6 Å². The minimum atomic E-state index is -0.438. The summed E-state index contributed by atoms with van der Waals surface area (Å²) in [5.74, 6) is -0.438. The zero-order chi connectivity index (χ0) is 21.1. The van der Waals surface area contributed by atoms with Gasteiger partial charge in [-0.3, -0.25) is 9.78 Å². The van der Waals surface area contributed by atoms with Crippen molar-refractivity contribution in [2.45, 2.75) is 13.8 Å². The molecule has 0 bridgehead atoms. The average Bonchev–Trinajstić information content (AvgIpc) is 2.69. The highest BCUT2D eigenvalue weighted by Crippen LogP contribution is 2.31. The fraction of sp³-hybridized carbons (Fsp3) is 0.190. The molecule has 0 aliphatic rings. The molecule has 0 saturated carbocycles. The molecule has 0 aliphatic heterocycles. The van der Waals surface area contributed by atoms with Crippen molar-refractivity contribution in [1.29, 1.82) is 0 Å². The predicted octanol–water partition coefficient (Wildman–Crippen LogP) is 5.59. The van der Waals surface area contributed by atoms with Crippen LogP contribution >= 0.6 is 23.2 Å². The molecule has 1 heterocycles. The molecule has 0 radical (unpaired) electrons. The van der Waals surface area contributed by atoms with Crippen molar-refractivity contribution in [3.05, 3.63) is 63.8 Å². The number of aromatic nitrogens is 1. The van der Waals surface area contributed by atoms with Crippen LogP contribution in [0.4, 0.5) is 16.2 Å². The van der Waals surface area contributed by atoms with Crippen LogP contribution in [0.2, 0.25) is 10.0 Å². The molecule has 2 N–H and O–H groups in total. The Morgan fingerprint density at radius 3 is 2.38 bits per heavy atom. The van der Waals surface area contributed by atoms with Crippen LogP contribution in [-0.2, 0) is 0 Å². The zero-order valence-electron chi connectivity index (χ0n) is 16.2. The molecule has 3 rings (SSSR count). The monoisotopic (exact) mass is 430 g/mol. The molecular formula is C21H20Cl2N4O2. The van der Waals surface area contributed by atoms with Gasteiger partial charge in [-0.2, -0.15) is 0 Å². The maximum absolute atomic E-state index is 12.8. The van der Waals surface area contributed by atoms with Crippen LogP contribution in [0, 0.1) is 6.92 Å². The van der Waals surface area contributed by atoms with Crippen molar-refractivity contribution < 1.29 is 9.59 Å². The molecule has 3 amide bonds. The smallest absolute Gasteiger partial charge is 0.321 e. The molecule has 0 atom stereocenters. The second kappa shape index (κ2) is 8.68. The molecule has 150 valence electrons. The number of anilines is 2. The van der Waals surface area contributed by atoms with Gasteiger partial charge in [0.15, 0.2) is 0 Å². The highest BCUT2D eigenvalue weighted by Gasteiger charge is 2.18. The van der Waals surface area contributed by atoms with Gasteiger partial charge in [-0.1, -0.05) is 41.4 Å². The molecule has 29 heavy (non-hydrogen) atoms. The summed E-state index contributed by atoms with van der Waals surface area (Å²) >= 11 is 12.3. The Labute approximate surface area is 178 Å². The van der Waals surface area contributed by atoms with Gasteiger partial charge >= 0.3 is 6.03 Å². The van der Waals surface area contributed by atoms with Gasteiger partial charge in [0, 0.05) is 25.2 Å². The number of hydrogen-bond acceptors (Lipinski definition) is 3. The Morgan fingerprint density at radius 2 is 1.72 bits per heavy atom. The van der Waals surface area contributed by atoms with Crippen molar-refractivity contribution in [2.24, 2.45) is 0 Å². The summed E-state index contributed by atoms with van der Waals surface area (Å²) < 4.78 is 0. The Morgan fingerprint density at radius 1 is 1.07 bits per heavy atom. The number of pyridine rings is 1. The lowest BCUT2D eigenvalue weighted by Gasteiger charge is -2.18. The van der Waals surface area contributed by atoms with Crippen LogP contribution in [0.1, 0.15) is 22.8 Å². The first-order valence-electron chi connectivity index (χ1n) is 8.99. The highest BCUT2D eigenvalue weighted by atomic mass is 35.5. The number of benzene rings is 2. The van der Waals surface area contributed by atoms with Gasteiger partial charge in [-0.15, -0.1) is 0 Å². The van der Waals surface area contributed by atoms with E-state index in [9.17, 15) is 9.59 Å². The molecule has 2 aromatic carbocycles. The number of fused-ring (bicyclic) bond motifs is 1. The van der Waals surface area contributed by atoms with Crippen LogP contribution in [0.15, 0.2) is 42.6 Å². The SMILES string of the molecule is CCN(C)C(=O)Nc1c(C)cnc2c(NC(=O)c3c(Cl)cccc3Cl)cccc12. The number of carbonyl (C=O) groups excluding carboxylic acids is 2. The van der Waals surface area contributed by atoms with Crippen LogP contribution in [0.3, 0.4) is 0 Å². The van der Waals surface area contributed by atoms with E-state index in [1.807, 2.05) is 19.9 Å². The van der Waals surface area contributed by atoms with Crippen molar-refractivity contribution in [1.82, 2.24) is 9.88 Å². The number of urea groups is 1. The summed E-state index contributed by atoms with van der Waals surface area (Å²) in [5, 5.41) is 6.98. The molecule has 8 heteroatoms. The summed E-state index contributed by atoms with van der Waals surface area (Å²) in [7, 11) is 1.72. The third kappa shape index (κ3) is 4.28. The van der Waals surface area contributed by atoms with Crippen molar-refractivity contribution >= 4 is 57.4 Å². The Balaban J connectivity index is 2.01. The number of carbonyl (C=O) groups is 2. The van der Waals surface area contributed by atoms with Crippen LogP contribution in [-0.4, -0.2) is 35.4 Å². The number of halogens is 2. The first kappa shape index (κ1) is 20.9. The van der Waals surface area contributed by atoms with E-state index in [1.165, 1.54) is 0 Å². The third-order valence-corrected chi connectivity index (χ3v) is 5.21. The Hall–Kier alpha value is -2.83. The van der Waals surface area contributed by atoms with E-state index in [2.05, 4.69) is 15.6 Å². The van der Waals surface area contributed by atoms with E-state index >= 15 is 0 Å². The van der Waals surface area contributed by atoms with E-state index in [0.29, 0.717) is 28.8 Å². The first-order chi connectivity index (χ1) is 13.8. The molecule has 1 aromatic heterocycles. The standard InChI is InChI=1S/C21H20Cl2N4O2/c1-4-27(3)21(29)26-18-12(2)11-24-19-13(18)7-5-10-16(19)25-20(28)17-14(22)8-6-9-15(17)23/h5-11H,4H2,1-3H3,(H,25,28)(H,24,26,29). The third-order valence-electron chi connectivity index (χ3n) is 4.58. The molecule has 3 aromatic rings. The second-order valence-electron chi connectivity index (χ2n) is 6.51. The largest absolute Gasteiger partial charge is 0.328 e. The predicted molar refractivity (Wildman–Crippen MR) is 118 cm³/mol. The number of nitrogens with zero attached hydrogens (tertiary/aromatic N) is 2. The van der Waals surface area contributed by atoms with Gasteiger partial charge < -0.3 is 15.5 Å². The first-order valence-corrected chi connectivity index (χ1v) is 9.74. The molecule has 0 unspecified atom stereocenters. The van der Waals surface area contributed by atoms with Gasteiger partial charge in [0.25, 0.3) is 5.91 Å². The number of amides is 3. The number of para-hydroxylation sites is 1. The van der Waals surface area contributed by atoms with Crippen LogP contribution in [0.25, 0.3) is 10.9 Å². The Bertz CT molecular complexity index is 1080.